The maximum Gasteiger partial charge on any atom is 0.231 e. The lowest BCUT2D eigenvalue weighted by Crippen LogP contribution is -2.43. The summed E-state index contributed by atoms with van der Waals surface area (Å²) in [4.78, 5) is 28.8. The van der Waals surface area contributed by atoms with Gasteiger partial charge in [-0.15, -0.1) is 0 Å². The molecule has 3 N–H and O–H groups in total. The number of pyridine rings is 1. The van der Waals surface area contributed by atoms with Crippen molar-refractivity contribution in [3.63, 3.8) is 0 Å². The Labute approximate surface area is 118 Å². The number of rotatable bonds is 5. The molecule has 0 spiro atoms. The van der Waals surface area contributed by atoms with Gasteiger partial charge in [-0.25, -0.2) is 0 Å². The van der Waals surface area contributed by atoms with Crippen molar-refractivity contribution in [2.75, 3.05) is 19.6 Å². The third-order valence-corrected chi connectivity index (χ3v) is 3.55. The molecule has 0 bridgehead atoms. The number of likely N-dealkylation sites (tertiary alicyclic amines) is 1. The van der Waals surface area contributed by atoms with Gasteiger partial charge in [0.25, 0.3) is 0 Å². The predicted octanol–water partition coefficient (Wildman–Crippen LogP) is -0.105. The third-order valence-electron chi connectivity index (χ3n) is 3.55. The molecule has 1 aromatic heterocycles. The average Bonchev–Trinajstić information content (AvgIpc) is 2.46. The minimum Gasteiger partial charge on any atom is -0.369 e. The van der Waals surface area contributed by atoms with Crippen molar-refractivity contribution in [1.82, 2.24) is 15.2 Å². The summed E-state index contributed by atoms with van der Waals surface area (Å²) >= 11 is 0. The standard InChI is InChI=1S/C14H20N4O2/c15-13(19)10-18-7-3-12(4-8-18)14(20)17-9-11-1-5-16-6-2-11/h1-2,5-6,12H,3-4,7-10H2,(H2,15,19)(H,17,20). The van der Waals surface area contributed by atoms with Crippen molar-refractivity contribution in [2.24, 2.45) is 11.7 Å². The molecule has 2 heterocycles. The van der Waals surface area contributed by atoms with Gasteiger partial charge in [-0.3, -0.25) is 19.5 Å². The third kappa shape index (κ3) is 4.31. The maximum absolute atomic E-state index is 12.1. The minimum atomic E-state index is -0.314. The Hall–Kier alpha value is -1.95. The number of nitrogens with zero attached hydrogens (tertiary/aromatic N) is 2. The van der Waals surface area contributed by atoms with Gasteiger partial charge in [-0.2, -0.15) is 0 Å². The Kier molecular flexibility index (Phi) is 5.06. The summed E-state index contributed by atoms with van der Waals surface area (Å²) in [5.41, 5.74) is 6.21. The first-order valence-corrected chi connectivity index (χ1v) is 6.82. The quantitative estimate of drug-likeness (QED) is 0.785. The van der Waals surface area contributed by atoms with Crippen molar-refractivity contribution in [3.05, 3.63) is 30.1 Å². The van der Waals surface area contributed by atoms with Crippen LogP contribution < -0.4 is 11.1 Å². The molecule has 6 heteroatoms. The SMILES string of the molecule is NC(=O)CN1CCC(C(=O)NCc2ccncc2)CC1. The van der Waals surface area contributed by atoms with E-state index in [1.54, 1.807) is 12.4 Å². The van der Waals surface area contributed by atoms with Crippen LogP contribution in [0.1, 0.15) is 18.4 Å². The number of carbonyl (C=O) groups is 2. The van der Waals surface area contributed by atoms with Gasteiger partial charge in [0.05, 0.1) is 6.54 Å². The molecular weight excluding hydrogens is 256 g/mol. The lowest BCUT2D eigenvalue weighted by Gasteiger charge is -2.30. The van der Waals surface area contributed by atoms with E-state index >= 15 is 0 Å². The highest BCUT2D eigenvalue weighted by molar-refractivity contribution is 5.79. The molecule has 108 valence electrons. The first kappa shape index (κ1) is 14.5. The molecule has 1 fully saturated rings. The second-order valence-corrected chi connectivity index (χ2v) is 5.09. The summed E-state index contributed by atoms with van der Waals surface area (Å²) < 4.78 is 0. The summed E-state index contributed by atoms with van der Waals surface area (Å²) in [6.45, 7) is 2.31. The average molecular weight is 276 g/mol. The fourth-order valence-electron chi connectivity index (χ4n) is 2.41. The topological polar surface area (TPSA) is 88.3 Å². The number of nitrogens with two attached hydrogens (primary N) is 1. The zero-order chi connectivity index (χ0) is 14.4. The van der Waals surface area contributed by atoms with E-state index in [4.69, 9.17) is 5.73 Å². The summed E-state index contributed by atoms with van der Waals surface area (Å²) in [7, 11) is 0. The van der Waals surface area contributed by atoms with Gasteiger partial charge in [0, 0.05) is 24.9 Å². The highest BCUT2D eigenvalue weighted by Gasteiger charge is 2.25. The molecule has 0 unspecified atom stereocenters. The van der Waals surface area contributed by atoms with Crippen LogP contribution >= 0.6 is 0 Å². The Balaban J connectivity index is 1.73. The van der Waals surface area contributed by atoms with Crippen molar-refractivity contribution in [2.45, 2.75) is 19.4 Å². The monoisotopic (exact) mass is 276 g/mol. The first-order valence-electron chi connectivity index (χ1n) is 6.82. The number of amides is 2. The Morgan fingerprint density at radius 1 is 1.30 bits per heavy atom. The molecule has 0 atom stereocenters. The molecule has 20 heavy (non-hydrogen) atoms. The molecule has 1 aromatic rings. The molecule has 0 aliphatic carbocycles. The highest BCUT2D eigenvalue weighted by Crippen LogP contribution is 2.17. The van der Waals surface area contributed by atoms with Crippen LogP contribution in [0.2, 0.25) is 0 Å². The van der Waals surface area contributed by atoms with Crippen LogP contribution in [-0.2, 0) is 16.1 Å². The lowest BCUT2D eigenvalue weighted by molar-refractivity contribution is -0.126. The van der Waals surface area contributed by atoms with Gasteiger partial charge in [-0.1, -0.05) is 0 Å². The second kappa shape index (κ2) is 7.00. The fourth-order valence-corrected chi connectivity index (χ4v) is 2.41. The number of hydrogen-bond acceptors (Lipinski definition) is 4. The number of piperidine rings is 1. The second-order valence-electron chi connectivity index (χ2n) is 5.09. The van der Waals surface area contributed by atoms with Crippen molar-refractivity contribution in [1.29, 1.82) is 0 Å². The Morgan fingerprint density at radius 2 is 1.95 bits per heavy atom. The molecule has 2 amide bonds. The molecule has 1 saturated heterocycles. The van der Waals surface area contributed by atoms with E-state index in [1.165, 1.54) is 0 Å². The van der Waals surface area contributed by atoms with Gasteiger partial charge in [0.2, 0.25) is 11.8 Å². The van der Waals surface area contributed by atoms with Crippen LogP contribution in [0.5, 0.6) is 0 Å². The van der Waals surface area contributed by atoms with Gasteiger partial charge < -0.3 is 11.1 Å². The zero-order valence-electron chi connectivity index (χ0n) is 11.4. The van der Waals surface area contributed by atoms with Gasteiger partial charge in [0.15, 0.2) is 0 Å². The van der Waals surface area contributed by atoms with Crippen LogP contribution in [0.4, 0.5) is 0 Å². The van der Waals surface area contributed by atoms with Crippen LogP contribution in [0.3, 0.4) is 0 Å². The minimum absolute atomic E-state index is 0.0287. The van der Waals surface area contributed by atoms with Crippen LogP contribution in [0.15, 0.2) is 24.5 Å². The van der Waals surface area contributed by atoms with E-state index in [1.807, 2.05) is 17.0 Å². The Morgan fingerprint density at radius 3 is 2.55 bits per heavy atom. The molecule has 1 aliphatic heterocycles. The number of carbonyl (C=O) groups excluding carboxylic acids is 2. The van der Waals surface area contributed by atoms with Crippen molar-refractivity contribution in [3.8, 4) is 0 Å². The van der Waals surface area contributed by atoms with Crippen LogP contribution in [0, 0.1) is 5.92 Å². The van der Waals surface area contributed by atoms with E-state index in [9.17, 15) is 9.59 Å². The van der Waals surface area contributed by atoms with Gasteiger partial charge >= 0.3 is 0 Å². The number of nitrogens with one attached hydrogen (secondary N) is 1. The first-order chi connectivity index (χ1) is 9.65. The van der Waals surface area contributed by atoms with Crippen molar-refractivity contribution < 1.29 is 9.59 Å². The zero-order valence-corrected chi connectivity index (χ0v) is 11.4. The molecule has 2 rings (SSSR count). The predicted molar refractivity (Wildman–Crippen MR) is 74.4 cm³/mol. The van der Waals surface area contributed by atoms with E-state index in [-0.39, 0.29) is 24.3 Å². The van der Waals surface area contributed by atoms with Gasteiger partial charge in [0.1, 0.15) is 0 Å². The number of hydrogen-bond donors (Lipinski definition) is 2. The molecule has 1 aliphatic rings. The van der Waals surface area contributed by atoms with Crippen LogP contribution in [-0.4, -0.2) is 41.3 Å². The fraction of sp³-hybridized carbons (Fsp3) is 0.500. The van der Waals surface area contributed by atoms with E-state index in [2.05, 4.69) is 10.3 Å². The van der Waals surface area contributed by atoms with Crippen LogP contribution in [0.25, 0.3) is 0 Å². The summed E-state index contributed by atoms with van der Waals surface area (Å²) in [6, 6.07) is 3.77. The van der Waals surface area contributed by atoms with E-state index in [0.29, 0.717) is 6.54 Å². The normalized spacial score (nSPS) is 16.8. The molecule has 0 aromatic carbocycles. The van der Waals surface area contributed by atoms with E-state index in [0.717, 1.165) is 31.5 Å². The molecule has 6 nitrogen and oxygen atoms in total. The maximum atomic E-state index is 12.1. The lowest BCUT2D eigenvalue weighted by atomic mass is 9.96. The van der Waals surface area contributed by atoms with Gasteiger partial charge in [-0.05, 0) is 43.6 Å². The van der Waals surface area contributed by atoms with Crippen molar-refractivity contribution >= 4 is 11.8 Å². The Bertz CT molecular complexity index is 456. The smallest absolute Gasteiger partial charge is 0.231 e. The largest absolute Gasteiger partial charge is 0.369 e. The summed E-state index contributed by atoms with van der Waals surface area (Å²) in [6.07, 6.45) is 4.97. The number of primary amides is 1. The summed E-state index contributed by atoms with van der Waals surface area (Å²) in [5.74, 6) is -0.202. The van der Waals surface area contributed by atoms with E-state index < -0.39 is 0 Å². The molecule has 0 radical (unpaired) electrons. The highest BCUT2D eigenvalue weighted by atomic mass is 16.2. The molecular formula is C14H20N4O2. The molecule has 0 saturated carbocycles. The summed E-state index contributed by atoms with van der Waals surface area (Å²) in [5, 5.41) is 2.95. The number of aromatic nitrogens is 1.